The number of halogens is 3. The Morgan fingerprint density at radius 2 is 1.56 bits per heavy atom. The molecule has 1 aliphatic rings. The van der Waals surface area contributed by atoms with Crippen molar-refractivity contribution in [3.63, 3.8) is 0 Å². The number of anilines is 1. The van der Waals surface area contributed by atoms with Gasteiger partial charge in [0.1, 0.15) is 16.7 Å². The van der Waals surface area contributed by atoms with Gasteiger partial charge >= 0.3 is 0 Å². The molecule has 2 heterocycles. The van der Waals surface area contributed by atoms with Crippen molar-refractivity contribution in [2.75, 3.05) is 4.90 Å². The Balaban J connectivity index is 1.64. The van der Waals surface area contributed by atoms with E-state index >= 15 is 0 Å². The second kappa shape index (κ2) is 9.11. The number of carbonyl (C=O) groups excluding carboxylic acids is 1. The third-order valence-electron chi connectivity index (χ3n) is 5.37. The van der Waals surface area contributed by atoms with Gasteiger partial charge in [0.25, 0.3) is 5.91 Å². The summed E-state index contributed by atoms with van der Waals surface area (Å²) in [6.07, 6.45) is 1.67. The number of hydrogen-bond donors (Lipinski definition) is 0. The van der Waals surface area contributed by atoms with Gasteiger partial charge in [0.2, 0.25) is 0 Å². The fraction of sp³-hybridized carbons (Fsp3) is 0.0385. The van der Waals surface area contributed by atoms with Gasteiger partial charge in [0.05, 0.1) is 22.1 Å². The lowest BCUT2D eigenvalue weighted by Gasteiger charge is -2.20. The first-order valence-electron chi connectivity index (χ1n) is 10.4. The van der Waals surface area contributed by atoms with E-state index in [1.807, 2.05) is 67.6 Å². The summed E-state index contributed by atoms with van der Waals surface area (Å²) in [5, 5.41) is 5.77. The number of nitrogens with zero attached hydrogens (tertiary/aromatic N) is 4. The van der Waals surface area contributed by atoms with Crippen LogP contribution in [0.25, 0.3) is 11.8 Å². The van der Waals surface area contributed by atoms with E-state index in [0.717, 1.165) is 11.3 Å². The number of aliphatic imine (C=N–C) groups is 1. The number of benzene rings is 3. The van der Waals surface area contributed by atoms with E-state index in [1.54, 1.807) is 29.0 Å². The number of aryl methyl sites for hydroxylation is 1. The van der Waals surface area contributed by atoms with Crippen LogP contribution in [0.1, 0.15) is 16.8 Å². The molecule has 34 heavy (non-hydrogen) atoms. The smallest absolute Gasteiger partial charge is 0.266 e. The second-order valence-electron chi connectivity index (χ2n) is 7.60. The number of amidine groups is 1. The molecule has 0 atom stereocenters. The minimum atomic E-state index is -0.328. The monoisotopic (exact) mass is 506 g/mol. The lowest BCUT2D eigenvalue weighted by Crippen LogP contribution is -2.32. The Kier molecular flexibility index (Phi) is 6.00. The highest BCUT2D eigenvalue weighted by molar-refractivity contribution is 6.40. The third-order valence-corrected chi connectivity index (χ3v) is 6.27. The minimum absolute atomic E-state index is 0.225. The van der Waals surface area contributed by atoms with E-state index in [0.29, 0.717) is 38.0 Å². The zero-order valence-electron chi connectivity index (χ0n) is 17.9. The van der Waals surface area contributed by atoms with Crippen LogP contribution in [0.3, 0.4) is 0 Å². The summed E-state index contributed by atoms with van der Waals surface area (Å²) < 4.78 is 1.64. The standard InChI is InChI=1S/C26H17Cl3N4O/c1-16-20(24(29)33(31-16)19-10-6-3-7-11-19)15-22-26(34)32(23-13-12-18(27)14-21(23)28)25(30-22)17-8-4-2-5-9-17/h2-15H,1H3/b22-15-. The third kappa shape index (κ3) is 4.03. The lowest BCUT2D eigenvalue weighted by atomic mass is 10.1. The topological polar surface area (TPSA) is 50.5 Å². The molecule has 0 bridgehead atoms. The number of aromatic nitrogens is 2. The molecule has 1 amide bonds. The lowest BCUT2D eigenvalue weighted by molar-refractivity contribution is -0.113. The van der Waals surface area contributed by atoms with Gasteiger partial charge in [-0.1, -0.05) is 83.3 Å². The van der Waals surface area contributed by atoms with Gasteiger partial charge < -0.3 is 0 Å². The Morgan fingerprint density at radius 1 is 0.882 bits per heavy atom. The van der Waals surface area contributed by atoms with Crippen molar-refractivity contribution in [3.05, 3.63) is 117 Å². The van der Waals surface area contributed by atoms with E-state index in [2.05, 4.69) is 10.1 Å². The summed E-state index contributed by atoms with van der Waals surface area (Å²) in [6.45, 7) is 1.84. The van der Waals surface area contributed by atoms with Crippen LogP contribution >= 0.6 is 34.8 Å². The molecule has 5 rings (SSSR count). The predicted molar refractivity (Wildman–Crippen MR) is 138 cm³/mol. The summed E-state index contributed by atoms with van der Waals surface area (Å²) >= 11 is 19.2. The SMILES string of the molecule is Cc1nn(-c2ccccc2)c(Cl)c1/C=C1\N=C(c2ccccc2)N(c2ccc(Cl)cc2Cl)C1=O. The maximum Gasteiger partial charge on any atom is 0.282 e. The van der Waals surface area contributed by atoms with Crippen LogP contribution in [0.4, 0.5) is 5.69 Å². The van der Waals surface area contributed by atoms with E-state index in [4.69, 9.17) is 34.8 Å². The number of carbonyl (C=O) groups is 1. The highest BCUT2D eigenvalue weighted by Crippen LogP contribution is 2.35. The molecular weight excluding hydrogens is 491 g/mol. The number of amides is 1. The first-order chi connectivity index (χ1) is 16.4. The van der Waals surface area contributed by atoms with E-state index in [1.165, 1.54) is 4.90 Å². The average molecular weight is 508 g/mol. The highest BCUT2D eigenvalue weighted by Gasteiger charge is 2.34. The fourth-order valence-corrected chi connectivity index (χ4v) is 4.56. The second-order valence-corrected chi connectivity index (χ2v) is 8.81. The highest BCUT2D eigenvalue weighted by atomic mass is 35.5. The summed E-state index contributed by atoms with van der Waals surface area (Å²) in [4.78, 5) is 19.8. The van der Waals surface area contributed by atoms with Crippen molar-refractivity contribution in [2.24, 2.45) is 4.99 Å². The van der Waals surface area contributed by atoms with Gasteiger partial charge in [-0.25, -0.2) is 9.67 Å². The van der Waals surface area contributed by atoms with Crippen LogP contribution in [-0.2, 0) is 4.79 Å². The molecule has 0 N–H and O–H groups in total. The molecule has 0 saturated heterocycles. The Labute approximate surface area is 211 Å². The molecule has 0 aliphatic carbocycles. The largest absolute Gasteiger partial charge is 0.282 e. The molecule has 8 heteroatoms. The molecular formula is C26H17Cl3N4O. The zero-order valence-corrected chi connectivity index (χ0v) is 20.2. The first kappa shape index (κ1) is 22.4. The maximum atomic E-state index is 13.6. The van der Waals surface area contributed by atoms with Gasteiger partial charge in [0, 0.05) is 16.1 Å². The van der Waals surface area contributed by atoms with Crippen LogP contribution in [0.2, 0.25) is 15.2 Å². The van der Waals surface area contributed by atoms with Crippen LogP contribution in [0, 0.1) is 6.92 Å². The van der Waals surface area contributed by atoms with Crippen molar-refractivity contribution >= 4 is 58.3 Å². The van der Waals surface area contributed by atoms with Gasteiger partial charge in [0.15, 0.2) is 0 Å². The molecule has 5 nitrogen and oxygen atoms in total. The quantitative estimate of drug-likeness (QED) is 0.280. The van der Waals surface area contributed by atoms with E-state index < -0.39 is 0 Å². The molecule has 1 aliphatic heterocycles. The van der Waals surface area contributed by atoms with Crippen molar-refractivity contribution in [1.29, 1.82) is 0 Å². The molecule has 0 saturated carbocycles. The number of rotatable bonds is 4. The molecule has 0 fully saturated rings. The van der Waals surface area contributed by atoms with E-state index in [-0.39, 0.29) is 11.6 Å². The molecule has 168 valence electrons. The average Bonchev–Trinajstić information content (AvgIpc) is 3.31. The van der Waals surface area contributed by atoms with Gasteiger partial charge in [-0.3, -0.25) is 9.69 Å². The van der Waals surface area contributed by atoms with E-state index in [9.17, 15) is 4.79 Å². The molecule has 0 unspecified atom stereocenters. The maximum absolute atomic E-state index is 13.6. The summed E-state index contributed by atoms with van der Waals surface area (Å²) in [5.74, 6) is 0.135. The number of para-hydroxylation sites is 1. The molecule has 0 radical (unpaired) electrons. The van der Waals surface area contributed by atoms with Crippen LogP contribution in [-0.4, -0.2) is 21.5 Å². The van der Waals surface area contributed by atoms with Crippen molar-refractivity contribution in [3.8, 4) is 5.69 Å². The zero-order chi connectivity index (χ0) is 23.8. The fourth-order valence-electron chi connectivity index (χ4n) is 3.74. The van der Waals surface area contributed by atoms with Crippen LogP contribution < -0.4 is 4.90 Å². The van der Waals surface area contributed by atoms with Gasteiger partial charge in [-0.15, -0.1) is 0 Å². The Hall–Kier alpha value is -3.38. The van der Waals surface area contributed by atoms with Crippen LogP contribution in [0.15, 0.2) is 89.6 Å². The first-order valence-corrected chi connectivity index (χ1v) is 11.5. The Morgan fingerprint density at radius 3 is 2.24 bits per heavy atom. The normalized spacial score (nSPS) is 14.7. The van der Waals surface area contributed by atoms with Crippen molar-refractivity contribution in [2.45, 2.75) is 6.92 Å². The summed E-state index contributed by atoms with van der Waals surface area (Å²) in [5.41, 5.74) is 3.60. The molecule has 0 spiro atoms. The predicted octanol–water partition coefficient (Wildman–Crippen LogP) is 6.98. The van der Waals surface area contributed by atoms with Gasteiger partial charge in [-0.05, 0) is 43.3 Å². The molecule has 1 aromatic heterocycles. The molecule has 3 aromatic carbocycles. The number of hydrogen-bond acceptors (Lipinski definition) is 3. The van der Waals surface area contributed by atoms with Crippen molar-refractivity contribution < 1.29 is 4.79 Å². The van der Waals surface area contributed by atoms with Crippen LogP contribution in [0.5, 0.6) is 0 Å². The minimum Gasteiger partial charge on any atom is -0.266 e. The molecule has 4 aromatic rings. The Bertz CT molecular complexity index is 1460. The van der Waals surface area contributed by atoms with Crippen molar-refractivity contribution in [1.82, 2.24) is 9.78 Å². The van der Waals surface area contributed by atoms with Gasteiger partial charge in [-0.2, -0.15) is 5.10 Å². The summed E-state index contributed by atoms with van der Waals surface area (Å²) in [6, 6.07) is 24.0. The summed E-state index contributed by atoms with van der Waals surface area (Å²) in [7, 11) is 0.